The fraction of sp³-hybridized carbons (Fsp3) is 0.500. The van der Waals surface area contributed by atoms with Crippen molar-refractivity contribution in [1.82, 2.24) is 0 Å². The molecule has 0 aliphatic heterocycles. The van der Waals surface area contributed by atoms with Crippen molar-refractivity contribution in [2.75, 3.05) is 7.11 Å². The summed E-state index contributed by atoms with van der Waals surface area (Å²) in [5.74, 6) is 0.934. The van der Waals surface area contributed by atoms with E-state index in [2.05, 4.69) is 13.0 Å². The van der Waals surface area contributed by atoms with Crippen molar-refractivity contribution in [2.24, 2.45) is 5.73 Å². The summed E-state index contributed by atoms with van der Waals surface area (Å²) in [6, 6.07) is 6.04. The number of benzene rings is 1. The molecular weight excluding hydrogens is 174 g/mol. The van der Waals surface area contributed by atoms with E-state index in [1.165, 1.54) is 11.1 Å². The smallest absolute Gasteiger partial charge is 0.122 e. The van der Waals surface area contributed by atoms with Gasteiger partial charge in [-0.1, -0.05) is 19.1 Å². The van der Waals surface area contributed by atoms with Crippen LogP contribution in [0.2, 0.25) is 0 Å². The Kier molecular flexibility index (Phi) is 3.17. The van der Waals surface area contributed by atoms with Gasteiger partial charge in [-0.25, -0.2) is 0 Å². The van der Waals surface area contributed by atoms with Gasteiger partial charge >= 0.3 is 0 Å². The van der Waals surface area contributed by atoms with E-state index in [9.17, 15) is 0 Å². The first kappa shape index (κ1) is 11.1. The van der Waals surface area contributed by atoms with Gasteiger partial charge in [0.15, 0.2) is 0 Å². The second kappa shape index (κ2) is 4.01. The Morgan fingerprint density at radius 2 is 2.00 bits per heavy atom. The molecule has 0 saturated carbocycles. The van der Waals surface area contributed by atoms with Crippen LogP contribution in [-0.4, -0.2) is 7.11 Å². The Morgan fingerprint density at radius 1 is 1.36 bits per heavy atom. The largest absolute Gasteiger partial charge is 0.496 e. The third-order valence-corrected chi connectivity index (χ3v) is 2.40. The molecule has 0 radical (unpaired) electrons. The van der Waals surface area contributed by atoms with Crippen LogP contribution in [0.1, 0.15) is 31.9 Å². The number of nitrogens with two attached hydrogens (primary N) is 1. The summed E-state index contributed by atoms with van der Waals surface area (Å²) < 4.78 is 5.32. The van der Waals surface area contributed by atoms with Gasteiger partial charge in [-0.2, -0.15) is 0 Å². The lowest BCUT2D eigenvalue weighted by Crippen LogP contribution is -2.30. The van der Waals surface area contributed by atoms with Crippen LogP contribution in [-0.2, 0) is 12.0 Å². The van der Waals surface area contributed by atoms with E-state index in [1.54, 1.807) is 7.11 Å². The fourth-order valence-electron chi connectivity index (χ4n) is 1.73. The zero-order valence-corrected chi connectivity index (χ0v) is 9.42. The monoisotopic (exact) mass is 193 g/mol. The Morgan fingerprint density at radius 3 is 2.43 bits per heavy atom. The summed E-state index contributed by atoms with van der Waals surface area (Å²) in [4.78, 5) is 0. The van der Waals surface area contributed by atoms with Crippen molar-refractivity contribution in [3.05, 3.63) is 29.3 Å². The molecule has 0 bridgehead atoms. The van der Waals surface area contributed by atoms with Crippen LogP contribution in [0.15, 0.2) is 18.2 Å². The molecule has 0 atom stereocenters. The minimum atomic E-state index is -0.306. The average Bonchev–Trinajstić information content (AvgIpc) is 2.15. The van der Waals surface area contributed by atoms with Crippen LogP contribution in [0, 0.1) is 0 Å². The van der Waals surface area contributed by atoms with Crippen LogP contribution >= 0.6 is 0 Å². The predicted molar refractivity (Wildman–Crippen MR) is 59.6 cm³/mol. The number of hydrogen-bond acceptors (Lipinski definition) is 2. The number of ether oxygens (including phenoxy) is 1. The van der Waals surface area contributed by atoms with Gasteiger partial charge in [-0.15, -0.1) is 0 Å². The van der Waals surface area contributed by atoms with Crippen LogP contribution in [0.3, 0.4) is 0 Å². The zero-order valence-electron chi connectivity index (χ0n) is 9.42. The van der Waals surface area contributed by atoms with Gasteiger partial charge in [-0.3, -0.25) is 0 Å². The zero-order chi connectivity index (χ0) is 10.8. The van der Waals surface area contributed by atoms with Crippen molar-refractivity contribution >= 4 is 0 Å². The van der Waals surface area contributed by atoms with Crippen molar-refractivity contribution in [3.63, 3.8) is 0 Å². The maximum atomic E-state index is 6.10. The van der Waals surface area contributed by atoms with Gasteiger partial charge in [0, 0.05) is 5.54 Å². The van der Waals surface area contributed by atoms with Crippen LogP contribution in [0.5, 0.6) is 5.75 Å². The molecule has 0 heterocycles. The van der Waals surface area contributed by atoms with Gasteiger partial charge in [0.25, 0.3) is 0 Å². The molecule has 1 aromatic carbocycles. The van der Waals surface area contributed by atoms with Gasteiger partial charge in [0.2, 0.25) is 0 Å². The molecule has 0 saturated heterocycles. The first-order chi connectivity index (χ1) is 6.50. The highest BCUT2D eigenvalue weighted by Gasteiger charge is 2.19. The summed E-state index contributed by atoms with van der Waals surface area (Å²) in [5.41, 5.74) is 8.17. The molecule has 0 aromatic heterocycles. The minimum absolute atomic E-state index is 0.306. The summed E-state index contributed by atoms with van der Waals surface area (Å²) in [6.07, 6.45) is 0.944. The Bertz CT molecular complexity index is 313. The molecule has 2 heteroatoms. The second-order valence-corrected chi connectivity index (χ2v) is 4.06. The van der Waals surface area contributed by atoms with Crippen LogP contribution < -0.4 is 10.5 Å². The Balaban J connectivity index is 3.29. The van der Waals surface area contributed by atoms with Gasteiger partial charge in [-0.05, 0) is 37.5 Å². The van der Waals surface area contributed by atoms with E-state index in [0.717, 1.165) is 12.2 Å². The van der Waals surface area contributed by atoms with E-state index >= 15 is 0 Å². The quantitative estimate of drug-likeness (QED) is 0.800. The standard InChI is InChI=1S/C12H19NO/c1-5-9-10(12(2,3)13)7-6-8-11(9)14-4/h6-8H,5,13H2,1-4H3. The van der Waals surface area contributed by atoms with Crippen molar-refractivity contribution < 1.29 is 4.74 Å². The van der Waals surface area contributed by atoms with Gasteiger partial charge in [0.1, 0.15) is 5.75 Å². The van der Waals surface area contributed by atoms with E-state index < -0.39 is 0 Å². The molecule has 1 rings (SSSR count). The van der Waals surface area contributed by atoms with E-state index in [-0.39, 0.29) is 5.54 Å². The Labute approximate surface area is 86.1 Å². The maximum Gasteiger partial charge on any atom is 0.122 e. The molecule has 78 valence electrons. The highest BCUT2D eigenvalue weighted by atomic mass is 16.5. The first-order valence-electron chi connectivity index (χ1n) is 4.96. The second-order valence-electron chi connectivity index (χ2n) is 4.06. The highest BCUT2D eigenvalue weighted by molar-refractivity contribution is 5.43. The lowest BCUT2D eigenvalue weighted by atomic mass is 9.89. The van der Waals surface area contributed by atoms with Crippen LogP contribution in [0.25, 0.3) is 0 Å². The molecule has 0 spiro atoms. The van der Waals surface area contributed by atoms with E-state index in [4.69, 9.17) is 10.5 Å². The van der Waals surface area contributed by atoms with Crippen LogP contribution in [0.4, 0.5) is 0 Å². The Hall–Kier alpha value is -1.02. The summed E-state index contributed by atoms with van der Waals surface area (Å²) in [7, 11) is 1.70. The molecule has 2 N–H and O–H groups in total. The SMILES string of the molecule is CCc1c(OC)cccc1C(C)(C)N. The normalized spacial score (nSPS) is 11.5. The lowest BCUT2D eigenvalue weighted by molar-refractivity contribution is 0.406. The molecule has 0 amide bonds. The maximum absolute atomic E-state index is 6.10. The van der Waals surface area contributed by atoms with Crippen molar-refractivity contribution in [3.8, 4) is 5.75 Å². The molecule has 1 aromatic rings. The minimum Gasteiger partial charge on any atom is -0.496 e. The predicted octanol–water partition coefficient (Wildman–Crippen LogP) is 2.45. The highest BCUT2D eigenvalue weighted by Crippen LogP contribution is 2.29. The van der Waals surface area contributed by atoms with E-state index in [1.807, 2.05) is 26.0 Å². The number of hydrogen-bond donors (Lipinski definition) is 1. The number of rotatable bonds is 3. The van der Waals surface area contributed by atoms with Gasteiger partial charge < -0.3 is 10.5 Å². The molecule has 0 fully saturated rings. The fourth-order valence-corrected chi connectivity index (χ4v) is 1.73. The molecular formula is C12H19NO. The van der Waals surface area contributed by atoms with Gasteiger partial charge in [0.05, 0.1) is 7.11 Å². The molecule has 2 nitrogen and oxygen atoms in total. The third kappa shape index (κ3) is 2.07. The third-order valence-electron chi connectivity index (χ3n) is 2.40. The summed E-state index contributed by atoms with van der Waals surface area (Å²) in [6.45, 7) is 6.15. The van der Waals surface area contributed by atoms with Crippen molar-refractivity contribution in [2.45, 2.75) is 32.7 Å². The molecule has 0 aliphatic carbocycles. The number of methoxy groups -OCH3 is 1. The molecule has 0 unspecified atom stereocenters. The molecule has 0 aliphatic rings. The summed E-state index contributed by atoms with van der Waals surface area (Å²) in [5, 5.41) is 0. The average molecular weight is 193 g/mol. The summed E-state index contributed by atoms with van der Waals surface area (Å²) >= 11 is 0. The topological polar surface area (TPSA) is 35.2 Å². The van der Waals surface area contributed by atoms with Crippen molar-refractivity contribution in [1.29, 1.82) is 0 Å². The molecule has 14 heavy (non-hydrogen) atoms. The lowest BCUT2D eigenvalue weighted by Gasteiger charge is -2.23. The first-order valence-corrected chi connectivity index (χ1v) is 4.96. The van der Waals surface area contributed by atoms with E-state index in [0.29, 0.717) is 0 Å².